The zero-order valence-electron chi connectivity index (χ0n) is 12.4. The van der Waals surface area contributed by atoms with Crippen molar-refractivity contribution in [3.8, 4) is 5.75 Å². The van der Waals surface area contributed by atoms with Crippen LogP contribution in [-0.2, 0) is 11.2 Å². The number of aryl methyl sites for hydroxylation is 2. The molecule has 1 N–H and O–H groups in total. The second-order valence-corrected chi connectivity index (χ2v) is 5.99. The average Bonchev–Trinajstić information content (AvgIpc) is 2.81. The van der Waals surface area contributed by atoms with Crippen LogP contribution in [-0.4, -0.2) is 42.6 Å². The van der Waals surface area contributed by atoms with Crippen molar-refractivity contribution in [3.05, 3.63) is 28.8 Å². The topological polar surface area (TPSA) is 41.6 Å². The second kappa shape index (κ2) is 5.09. The van der Waals surface area contributed by atoms with Gasteiger partial charge in [0.15, 0.2) is 6.10 Å². The minimum absolute atomic E-state index is 0.129. The van der Waals surface area contributed by atoms with E-state index in [4.69, 9.17) is 4.74 Å². The fraction of sp³-hybridized carbons (Fsp3) is 0.562. The predicted octanol–water partition coefficient (Wildman–Crippen LogP) is 1.43. The van der Waals surface area contributed by atoms with Crippen molar-refractivity contribution in [2.24, 2.45) is 0 Å². The van der Waals surface area contributed by atoms with Gasteiger partial charge in [-0.05, 0) is 43.5 Å². The molecule has 2 aliphatic heterocycles. The maximum absolute atomic E-state index is 12.6. The van der Waals surface area contributed by atoms with Crippen LogP contribution >= 0.6 is 0 Å². The highest BCUT2D eigenvalue weighted by Gasteiger charge is 2.34. The van der Waals surface area contributed by atoms with Crippen LogP contribution in [0.4, 0.5) is 0 Å². The highest BCUT2D eigenvalue weighted by molar-refractivity contribution is 5.83. The maximum Gasteiger partial charge on any atom is 0.264 e. The molecule has 4 heteroatoms. The number of hydrogen-bond donors (Lipinski definition) is 1. The van der Waals surface area contributed by atoms with Crippen LogP contribution in [0.5, 0.6) is 5.75 Å². The first-order valence-corrected chi connectivity index (χ1v) is 7.33. The molecule has 4 nitrogen and oxygen atoms in total. The van der Waals surface area contributed by atoms with Crippen LogP contribution < -0.4 is 10.1 Å². The minimum Gasteiger partial charge on any atom is -0.480 e. The van der Waals surface area contributed by atoms with Gasteiger partial charge in [-0.15, -0.1) is 0 Å². The van der Waals surface area contributed by atoms with Gasteiger partial charge >= 0.3 is 0 Å². The summed E-state index contributed by atoms with van der Waals surface area (Å²) in [5.74, 6) is 1.01. The number of hydrogen-bond acceptors (Lipinski definition) is 3. The molecule has 0 radical (unpaired) electrons. The Morgan fingerprint density at radius 3 is 2.85 bits per heavy atom. The lowest BCUT2D eigenvalue weighted by molar-refractivity contribution is -0.139. The van der Waals surface area contributed by atoms with Gasteiger partial charge in [-0.2, -0.15) is 0 Å². The van der Waals surface area contributed by atoms with Crippen molar-refractivity contribution in [1.29, 1.82) is 0 Å². The third kappa shape index (κ3) is 2.40. The van der Waals surface area contributed by atoms with Crippen LogP contribution in [0.1, 0.15) is 23.6 Å². The largest absolute Gasteiger partial charge is 0.480 e. The molecule has 0 aromatic heterocycles. The van der Waals surface area contributed by atoms with Gasteiger partial charge < -0.3 is 15.0 Å². The number of rotatable bonds is 1. The van der Waals surface area contributed by atoms with E-state index in [2.05, 4.69) is 38.2 Å². The zero-order chi connectivity index (χ0) is 14.3. The molecule has 2 aliphatic rings. The first-order valence-electron chi connectivity index (χ1n) is 7.33. The minimum atomic E-state index is -0.337. The van der Waals surface area contributed by atoms with Crippen molar-refractivity contribution < 1.29 is 9.53 Å². The number of benzene rings is 1. The van der Waals surface area contributed by atoms with Gasteiger partial charge in [0, 0.05) is 32.1 Å². The molecule has 1 aromatic carbocycles. The summed E-state index contributed by atoms with van der Waals surface area (Å²) in [5.41, 5.74) is 3.64. The molecular formula is C16H22N2O2. The van der Waals surface area contributed by atoms with Gasteiger partial charge in [0.1, 0.15) is 5.75 Å². The average molecular weight is 274 g/mol. The molecule has 0 bridgehead atoms. The van der Waals surface area contributed by atoms with Gasteiger partial charge in [0.25, 0.3) is 5.91 Å². The summed E-state index contributed by atoms with van der Waals surface area (Å²) in [6, 6.07) is 4.57. The number of nitrogens with zero attached hydrogens (tertiary/aromatic N) is 1. The Kier molecular flexibility index (Phi) is 3.42. The first-order chi connectivity index (χ1) is 9.54. The van der Waals surface area contributed by atoms with Crippen LogP contribution in [0, 0.1) is 13.8 Å². The Bertz CT molecular complexity index is 511. The summed E-state index contributed by atoms with van der Waals surface area (Å²) in [6.45, 7) is 8.70. The number of amides is 1. The molecule has 20 heavy (non-hydrogen) atoms. The van der Waals surface area contributed by atoms with Crippen LogP contribution in [0.3, 0.4) is 0 Å². The van der Waals surface area contributed by atoms with Crippen LogP contribution in [0.2, 0.25) is 0 Å². The zero-order valence-corrected chi connectivity index (χ0v) is 12.4. The third-order valence-corrected chi connectivity index (χ3v) is 4.31. The lowest BCUT2D eigenvalue weighted by Crippen LogP contribution is -2.54. The molecule has 0 unspecified atom stereocenters. The van der Waals surface area contributed by atoms with E-state index in [0.717, 1.165) is 30.9 Å². The summed E-state index contributed by atoms with van der Waals surface area (Å²) < 4.78 is 5.88. The molecule has 2 heterocycles. The second-order valence-electron chi connectivity index (χ2n) is 5.99. The lowest BCUT2D eigenvalue weighted by Gasteiger charge is -2.33. The summed E-state index contributed by atoms with van der Waals surface area (Å²) in [7, 11) is 0. The van der Waals surface area contributed by atoms with E-state index < -0.39 is 0 Å². The Morgan fingerprint density at radius 1 is 1.35 bits per heavy atom. The predicted molar refractivity (Wildman–Crippen MR) is 78.1 cm³/mol. The van der Waals surface area contributed by atoms with Crippen LogP contribution in [0.25, 0.3) is 0 Å². The Hall–Kier alpha value is -1.55. The molecular weight excluding hydrogens is 252 g/mol. The molecule has 0 aliphatic carbocycles. The van der Waals surface area contributed by atoms with Gasteiger partial charge in [-0.3, -0.25) is 4.79 Å². The normalized spacial score (nSPS) is 25.2. The van der Waals surface area contributed by atoms with Gasteiger partial charge in [-0.25, -0.2) is 0 Å². The van der Waals surface area contributed by atoms with E-state index in [-0.39, 0.29) is 12.0 Å². The van der Waals surface area contributed by atoms with Gasteiger partial charge in [0.05, 0.1) is 0 Å². The quantitative estimate of drug-likeness (QED) is 0.842. The van der Waals surface area contributed by atoms with Gasteiger partial charge in [0.2, 0.25) is 0 Å². The van der Waals surface area contributed by atoms with E-state index in [1.54, 1.807) is 0 Å². The fourth-order valence-electron chi connectivity index (χ4n) is 2.99. The highest BCUT2D eigenvalue weighted by Crippen LogP contribution is 2.32. The number of carbonyl (C=O) groups excluding carboxylic acids is 1. The summed E-state index contributed by atoms with van der Waals surface area (Å²) in [5, 5.41) is 3.35. The molecule has 1 fully saturated rings. The monoisotopic (exact) mass is 274 g/mol. The van der Waals surface area contributed by atoms with Crippen molar-refractivity contribution in [1.82, 2.24) is 10.2 Å². The number of fused-ring (bicyclic) bond motifs is 1. The molecule has 1 saturated heterocycles. The van der Waals surface area contributed by atoms with E-state index in [9.17, 15) is 4.79 Å². The fourth-order valence-corrected chi connectivity index (χ4v) is 2.99. The Labute approximate surface area is 120 Å². The molecule has 3 rings (SSSR count). The molecule has 1 amide bonds. The van der Waals surface area contributed by atoms with Crippen molar-refractivity contribution in [2.75, 3.05) is 19.6 Å². The number of nitrogens with one attached hydrogen (secondary N) is 1. The van der Waals surface area contributed by atoms with Crippen molar-refractivity contribution in [3.63, 3.8) is 0 Å². The lowest BCUT2D eigenvalue weighted by atomic mass is 10.0. The van der Waals surface area contributed by atoms with E-state index in [0.29, 0.717) is 12.5 Å². The van der Waals surface area contributed by atoms with E-state index in [1.165, 1.54) is 11.1 Å². The molecule has 2 atom stereocenters. The summed E-state index contributed by atoms with van der Waals surface area (Å²) in [6.07, 6.45) is 0.365. The highest BCUT2D eigenvalue weighted by atomic mass is 16.5. The Balaban J connectivity index is 1.73. The maximum atomic E-state index is 12.6. The third-order valence-electron chi connectivity index (χ3n) is 4.31. The molecule has 108 valence electrons. The Morgan fingerprint density at radius 2 is 2.10 bits per heavy atom. The van der Waals surface area contributed by atoms with Crippen molar-refractivity contribution >= 4 is 5.91 Å². The number of piperazine rings is 1. The number of ether oxygens (including phenoxy) is 1. The van der Waals surface area contributed by atoms with Crippen molar-refractivity contribution in [2.45, 2.75) is 39.3 Å². The van der Waals surface area contributed by atoms with E-state index in [1.807, 2.05) is 4.90 Å². The summed E-state index contributed by atoms with van der Waals surface area (Å²) >= 11 is 0. The molecule has 1 aromatic rings. The van der Waals surface area contributed by atoms with Crippen LogP contribution in [0.15, 0.2) is 12.1 Å². The first kappa shape index (κ1) is 13.4. The van der Waals surface area contributed by atoms with E-state index >= 15 is 0 Å². The molecule has 0 saturated carbocycles. The standard InChI is InChI=1S/C16H22N2O2/c1-10-6-13-8-15(20-14(13)7-11(10)2)16(19)18-5-4-17-12(3)9-18/h6-7,12,15,17H,4-5,8-9H2,1-3H3/t12-,15+/m0/s1. The van der Waals surface area contributed by atoms with Gasteiger partial charge in [-0.1, -0.05) is 6.07 Å². The smallest absolute Gasteiger partial charge is 0.264 e. The summed E-state index contributed by atoms with van der Waals surface area (Å²) in [4.78, 5) is 14.5. The molecule has 0 spiro atoms. The SMILES string of the molecule is Cc1cc2c(cc1C)O[C@@H](C(=O)N1CCN[C@@H](C)C1)C2. The number of carbonyl (C=O) groups is 1.